The maximum atomic E-state index is 12.6. The van der Waals surface area contributed by atoms with Crippen molar-refractivity contribution in [2.75, 3.05) is 0 Å². The van der Waals surface area contributed by atoms with Crippen LogP contribution in [0.5, 0.6) is 0 Å². The number of hydrogen-bond donors (Lipinski definition) is 0. The van der Waals surface area contributed by atoms with Crippen LogP contribution in [0.15, 0.2) is 23.3 Å². The van der Waals surface area contributed by atoms with Crippen molar-refractivity contribution in [1.29, 1.82) is 0 Å². The van der Waals surface area contributed by atoms with Crippen LogP contribution in [-0.4, -0.2) is 0 Å². The number of hydrogen-bond acceptors (Lipinski definition) is 1. The maximum Gasteiger partial charge on any atom is 0.126 e. The van der Waals surface area contributed by atoms with Gasteiger partial charge in [0.05, 0.1) is 0 Å². The molecular weight excluding hydrogens is 145 g/mol. The molecule has 1 aromatic carbocycles. The molecule has 0 saturated heterocycles. The molecule has 11 heavy (non-hydrogen) atoms. The minimum absolute atomic E-state index is 0.290. The smallest absolute Gasteiger partial charge is 0.126 e. The summed E-state index contributed by atoms with van der Waals surface area (Å²) in [6, 6.07) is 4.20. The highest BCUT2D eigenvalue weighted by atomic mass is 19.1. The first-order valence-corrected chi connectivity index (χ1v) is 3.05. The van der Waals surface area contributed by atoms with Crippen molar-refractivity contribution in [1.82, 2.24) is 0 Å². The number of aryl methyl sites for hydroxylation is 1. The second kappa shape index (κ2) is 3.03. The number of halogens is 1. The lowest BCUT2D eigenvalue weighted by Gasteiger charge is -1.95. The topological polar surface area (TPSA) is 48.8 Å². The van der Waals surface area contributed by atoms with Crippen LogP contribution in [0.4, 0.5) is 10.1 Å². The number of benzene rings is 1. The second-order valence-corrected chi connectivity index (χ2v) is 2.12. The predicted molar refractivity (Wildman–Crippen MR) is 39.9 cm³/mol. The molecule has 0 spiro atoms. The summed E-state index contributed by atoms with van der Waals surface area (Å²) in [5.41, 5.74) is 8.96. The lowest BCUT2D eigenvalue weighted by atomic mass is 10.2. The molecule has 0 amide bonds. The third-order valence-corrected chi connectivity index (χ3v) is 1.30. The van der Waals surface area contributed by atoms with Gasteiger partial charge in [0.2, 0.25) is 0 Å². The molecule has 56 valence electrons. The Hall–Kier alpha value is -1.54. The summed E-state index contributed by atoms with van der Waals surface area (Å²) in [6.07, 6.45) is 0. The van der Waals surface area contributed by atoms with Crippen LogP contribution < -0.4 is 0 Å². The molecule has 0 unspecified atom stereocenters. The molecular formula is C7H6FN3. The van der Waals surface area contributed by atoms with E-state index in [4.69, 9.17) is 5.53 Å². The molecule has 1 aromatic rings. The van der Waals surface area contributed by atoms with Crippen molar-refractivity contribution in [3.05, 3.63) is 40.0 Å². The first-order chi connectivity index (χ1) is 5.24. The Kier molecular flexibility index (Phi) is 2.09. The third kappa shape index (κ3) is 1.69. The normalized spacial score (nSPS) is 8.91. The van der Waals surface area contributed by atoms with Gasteiger partial charge in [0.1, 0.15) is 5.82 Å². The van der Waals surface area contributed by atoms with Crippen molar-refractivity contribution in [3.8, 4) is 0 Å². The largest absolute Gasteiger partial charge is 0.207 e. The average molecular weight is 151 g/mol. The first kappa shape index (κ1) is 7.57. The van der Waals surface area contributed by atoms with Gasteiger partial charge in [-0.15, -0.1) is 0 Å². The van der Waals surface area contributed by atoms with E-state index in [2.05, 4.69) is 10.0 Å². The number of rotatable bonds is 1. The van der Waals surface area contributed by atoms with Crippen LogP contribution >= 0.6 is 0 Å². The van der Waals surface area contributed by atoms with Gasteiger partial charge in [-0.25, -0.2) is 4.39 Å². The molecule has 0 bridgehead atoms. The van der Waals surface area contributed by atoms with E-state index >= 15 is 0 Å². The fourth-order valence-corrected chi connectivity index (χ4v) is 0.743. The van der Waals surface area contributed by atoms with Gasteiger partial charge < -0.3 is 0 Å². The van der Waals surface area contributed by atoms with E-state index in [0.29, 0.717) is 11.3 Å². The summed E-state index contributed by atoms with van der Waals surface area (Å²) in [5.74, 6) is -0.290. The van der Waals surface area contributed by atoms with Crippen molar-refractivity contribution < 1.29 is 4.39 Å². The van der Waals surface area contributed by atoms with Crippen LogP contribution in [0.2, 0.25) is 0 Å². The molecule has 0 aliphatic heterocycles. The molecule has 0 atom stereocenters. The molecule has 3 nitrogen and oxygen atoms in total. The summed E-state index contributed by atoms with van der Waals surface area (Å²) in [4.78, 5) is 2.58. The average Bonchev–Trinajstić information content (AvgIpc) is 1.98. The van der Waals surface area contributed by atoms with Crippen molar-refractivity contribution >= 4 is 5.69 Å². The first-order valence-electron chi connectivity index (χ1n) is 3.05. The fourth-order valence-electron chi connectivity index (χ4n) is 0.743. The van der Waals surface area contributed by atoms with Crippen molar-refractivity contribution in [2.24, 2.45) is 5.11 Å². The molecule has 4 heteroatoms. The van der Waals surface area contributed by atoms with Crippen LogP contribution in [0.1, 0.15) is 5.56 Å². The van der Waals surface area contributed by atoms with Gasteiger partial charge in [-0.3, -0.25) is 0 Å². The van der Waals surface area contributed by atoms with Crippen LogP contribution in [0, 0.1) is 12.7 Å². The summed E-state index contributed by atoms with van der Waals surface area (Å²) >= 11 is 0. The van der Waals surface area contributed by atoms with Crippen molar-refractivity contribution in [2.45, 2.75) is 6.92 Å². The van der Waals surface area contributed by atoms with E-state index in [9.17, 15) is 4.39 Å². The number of azide groups is 1. The Balaban J connectivity index is 3.14. The molecule has 0 aliphatic rings. The lowest BCUT2D eigenvalue weighted by molar-refractivity contribution is 0.618. The zero-order valence-corrected chi connectivity index (χ0v) is 5.95. The van der Waals surface area contributed by atoms with E-state index in [1.54, 1.807) is 6.92 Å². The summed E-state index contributed by atoms with van der Waals surface area (Å²) in [7, 11) is 0. The van der Waals surface area contributed by atoms with Gasteiger partial charge in [0, 0.05) is 10.6 Å². The van der Waals surface area contributed by atoms with Gasteiger partial charge in [0.25, 0.3) is 0 Å². The van der Waals surface area contributed by atoms with E-state index in [-0.39, 0.29) is 5.82 Å². The Morgan fingerprint density at radius 3 is 2.82 bits per heavy atom. The zero-order chi connectivity index (χ0) is 8.27. The Labute approximate surface area is 63.1 Å². The van der Waals surface area contributed by atoms with Gasteiger partial charge in [-0.1, -0.05) is 5.11 Å². The molecule has 0 aliphatic carbocycles. The highest BCUT2D eigenvalue weighted by Gasteiger charge is 1.95. The predicted octanol–water partition coefficient (Wildman–Crippen LogP) is 3.08. The summed E-state index contributed by atoms with van der Waals surface area (Å²) in [6.45, 7) is 1.62. The van der Waals surface area contributed by atoms with Gasteiger partial charge >= 0.3 is 0 Å². The van der Waals surface area contributed by atoms with Gasteiger partial charge in [-0.05, 0) is 36.2 Å². The number of nitrogens with zero attached hydrogens (tertiary/aromatic N) is 3. The molecule has 0 aromatic heterocycles. The highest BCUT2D eigenvalue weighted by molar-refractivity contribution is 5.39. The molecule has 1 rings (SSSR count). The molecule has 0 radical (unpaired) electrons. The van der Waals surface area contributed by atoms with E-state index in [0.717, 1.165) is 0 Å². The molecule has 0 saturated carbocycles. The zero-order valence-electron chi connectivity index (χ0n) is 5.95. The van der Waals surface area contributed by atoms with Crippen molar-refractivity contribution in [3.63, 3.8) is 0 Å². The van der Waals surface area contributed by atoms with Crippen LogP contribution in [0.25, 0.3) is 10.4 Å². The third-order valence-electron chi connectivity index (χ3n) is 1.30. The quantitative estimate of drug-likeness (QED) is 0.336. The SMILES string of the molecule is Cc1cc(N=[N+]=[N-])ccc1F. The van der Waals surface area contributed by atoms with Gasteiger partial charge in [0.15, 0.2) is 0 Å². The summed E-state index contributed by atoms with van der Waals surface area (Å²) < 4.78 is 12.6. The second-order valence-electron chi connectivity index (χ2n) is 2.12. The van der Waals surface area contributed by atoms with Crippen LogP contribution in [-0.2, 0) is 0 Å². The van der Waals surface area contributed by atoms with Crippen LogP contribution in [0.3, 0.4) is 0 Å². The molecule has 0 fully saturated rings. The maximum absolute atomic E-state index is 12.6. The molecule has 0 heterocycles. The minimum atomic E-state index is -0.290. The Morgan fingerprint density at radius 1 is 1.55 bits per heavy atom. The standard InChI is InChI=1S/C7H6FN3/c1-5-4-6(10-11-9)2-3-7(5)8/h2-4H,1H3. The van der Waals surface area contributed by atoms with E-state index < -0.39 is 0 Å². The minimum Gasteiger partial charge on any atom is -0.207 e. The highest BCUT2D eigenvalue weighted by Crippen LogP contribution is 2.16. The van der Waals surface area contributed by atoms with E-state index in [1.807, 2.05) is 0 Å². The Morgan fingerprint density at radius 2 is 2.27 bits per heavy atom. The van der Waals surface area contributed by atoms with E-state index in [1.165, 1.54) is 18.2 Å². The summed E-state index contributed by atoms with van der Waals surface area (Å²) in [5, 5.41) is 3.32. The monoisotopic (exact) mass is 151 g/mol. The Bertz CT molecular complexity index is 315. The fraction of sp³-hybridized carbons (Fsp3) is 0.143. The molecule has 0 N–H and O–H groups in total. The van der Waals surface area contributed by atoms with Gasteiger partial charge in [-0.2, -0.15) is 0 Å². The lowest BCUT2D eigenvalue weighted by Crippen LogP contribution is -1.78.